The summed E-state index contributed by atoms with van der Waals surface area (Å²) < 4.78 is 6.97. The number of anilines is 1. The van der Waals surface area contributed by atoms with E-state index in [9.17, 15) is 0 Å². The summed E-state index contributed by atoms with van der Waals surface area (Å²) in [5.74, 6) is 0. The number of rotatable bonds is 2. The predicted molar refractivity (Wildman–Crippen MR) is 76.9 cm³/mol. The molecule has 2 saturated heterocycles. The van der Waals surface area contributed by atoms with Gasteiger partial charge in [-0.2, -0.15) is 0 Å². The molecule has 0 spiro atoms. The predicted octanol–water partition coefficient (Wildman–Crippen LogP) is 2.84. The zero-order valence-electron chi connectivity index (χ0n) is 10.6. The van der Waals surface area contributed by atoms with Gasteiger partial charge in [-0.05, 0) is 37.5 Å². The molecule has 2 aliphatic rings. The molecule has 2 aliphatic heterocycles. The molecule has 1 aromatic rings. The van der Waals surface area contributed by atoms with Crippen LogP contribution in [0.2, 0.25) is 0 Å². The first-order chi connectivity index (χ1) is 8.63. The van der Waals surface area contributed by atoms with E-state index in [0.717, 1.165) is 23.1 Å². The van der Waals surface area contributed by atoms with E-state index in [2.05, 4.69) is 39.0 Å². The van der Waals surface area contributed by atoms with Gasteiger partial charge in [-0.25, -0.2) is 0 Å². The van der Waals surface area contributed by atoms with Crippen molar-refractivity contribution in [2.24, 2.45) is 5.73 Å². The van der Waals surface area contributed by atoms with Gasteiger partial charge >= 0.3 is 0 Å². The Morgan fingerprint density at radius 2 is 2.00 bits per heavy atom. The highest BCUT2D eigenvalue weighted by Crippen LogP contribution is 2.32. The Bertz CT molecular complexity index is 437. The first-order valence-corrected chi connectivity index (χ1v) is 7.38. The molecule has 3 atom stereocenters. The minimum Gasteiger partial charge on any atom is -0.371 e. The van der Waals surface area contributed by atoms with Crippen molar-refractivity contribution in [1.29, 1.82) is 0 Å². The van der Waals surface area contributed by atoms with Crippen molar-refractivity contribution in [1.82, 2.24) is 0 Å². The summed E-state index contributed by atoms with van der Waals surface area (Å²) in [5, 5.41) is 0. The number of halogens is 1. The summed E-state index contributed by atoms with van der Waals surface area (Å²) in [6.07, 6.45) is 3.27. The van der Waals surface area contributed by atoms with Crippen LogP contribution in [0.4, 0.5) is 5.69 Å². The molecule has 98 valence electrons. The molecule has 18 heavy (non-hydrogen) atoms. The summed E-state index contributed by atoms with van der Waals surface area (Å²) in [5.41, 5.74) is 8.37. The number of ether oxygens (including phenoxy) is 1. The van der Waals surface area contributed by atoms with E-state index in [4.69, 9.17) is 10.5 Å². The Morgan fingerprint density at radius 3 is 2.56 bits per heavy atom. The molecular formula is C14H19BrN2O. The lowest BCUT2D eigenvalue weighted by atomic mass is 10.1. The van der Waals surface area contributed by atoms with Crippen molar-refractivity contribution < 1.29 is 4.74 Å². The first kappa shape index (κ1) is 12.5. The molecule has 0 aliphatic carbocycles. The summed E-state index contributed by atoms with van der Waals surface area (Å²) in [6, 6.07) is 6.55. The van der Waals surface area contributed by atoms with Crippen LogP contribution < -0.4 is 10.6 Å². The SMILES string of the molecule is C[C@H](N)c1ccc(N2CC3CCC(C2)O3)cc1Br. The molecule has 2 bridgehead atoms. The number of benzene rings is 1. The van der Waals surface area contributed by atoms with Gasteiger partial charge in [0.2, 0.25) is 0 Å². The summed E-state index contributed by atoms with van der Waals surface area (Å²) in [7, 11) is 0. The Morgan fingerprint density at radius 1 is 1.33 bits per heavy atom. The third-order valence-corrected chi connectivity index (χ3v) is 4.57. The van der Waals surface area contributed by atoms with Crippen LogP contribution >= 0.6 is 15.9 Å². The Hall–Kier alpha value is -0.580. The monoisotopic (exact) mass is 310 g/mol. The number of nitrogens with zero attached hydrogens (tertiary/aromatic N) is 1. The topological polar surface area (TPSA) is 38.5 Å². The van der Waals surface area contributed by atoms with E-state index in [1.165, 1.54) is 18.5 Å². The maximum Gasteiger partial charge on any atom is 0.0755 e. The van der Waals surface area contributed by atoms with Gasteiger partial charge in [-0.1, -0.05) is 22.0 Å². The van der Waals surface area contributed by atoms with E-state index in [0.29, 0.717) is 12.2 Å². The standard InChI is InChI=1S/C14H19BrN2O/c1-9(16)13-5-2-10(6-14(13)15)17-7-11-3-4-12(8-17)18-11/h2,5-6,9,11-12H,3-4,7-8,16H2,1H3/t9-,11?,12?/m0/s1. The van der Waals surface area contributed by atoms with Crippen LogP contribution in [0.15, 0.2) is 22.7 Å². The van der Waals surface area contributed by atoms with Crippen molar-refractivity contribution in [2.45, 2.75) is 38.0 Å². The van der Waals surface area contributed by atoms with Crippen molar-refractivity contribution in [3.8, 4) is 0 Å². The van der Waals surface area contributed by atoms with Crippen LogP contribution in [0.3, 0.4) is 0 Å². The lowest BCUT2D eigenvalue weighted by molar-refractivity contribution is 0.0305. The van der Waals surface area contributed by atoms with Crippen LogP contribution in [0.5, 0.6) is 0 Å². The van der Waals surface area contributed by atoms with E-state index >= 15 is 0 Å². The molecule has 0 amide bonds. The Labute approximate surface area is 116 Å². The smallest absolute Gasteiger partial charge is 0.0755 e. The normalized spacial score (nSPS) is 28.5. The third kappa shape index (κ3) is 2.29. The molecule has 0 aromatic heterocycles. The minimum atomic E-state index is 0.0642. The Balaban J connectivity index is 1.82. The van der Waals surface area contributed by atoms with Crippen molar-refractivity contribution in [3.05, 3.63) is 28.2 Å². The fraction of sp³-hybridized carbons (Fsp3) is 0.571. The lowest BCUT2D eigenvalue weighted by Crippen LogP contribution is -2.42. The molecule has 3 rings (SSSR count). The fourth-order valence-electron chi connectivity index (χ4n) is 2.91. The highest BCUT2D eigenvalue weighted by molar-refractivity contribution is 9.10. The Kier molecular flexibility index (Phi) is 3.34. The summed E-state index contributed by atoms with van der Waals surface area (Å²) >= 11 is 3.62. The third-order valence-electron chi connectivity index (χ3n) is 3.88. The molecule has 2 N–H and O–H groups in total. The number of fused-ring (bicyclic) bond motifs is 2. The largest absolute Gasteiger partial charge is 0.371 e. The highest BCUT2D eigenvalue weighted by Gasteiger charge is 2.33. The van der Waals surface area contributed by atoms with Gasteiger partial charge in [0.15, 0.2) is 0 Å². The van der Waals surface area contributed by atoms with E-state index in [1.807, 2.05) is 6.92 Å². The molecule has 3 nitrogen and oxygen atoms in total. The van der Waals surface area contributed by atoms with Gasteiger partial charge in [0.1, 0.15) is 0 Å². The van der Waals surface area contributed by atoms with Crippen LogP contribution in [0.25, 0.3) is 0 Å². The molecule has 2 heterocycles. The van der Waals surface area contributed by atoms with Crippen LogP contribution in [-0.2, 0) is 4.74 Å². The van der Waals surface area contributed by atoms with E-state index in [-0.39, 0.29) is 6.04 Å². The zero-order valence-corrected chi connectivity index (χ0v) is 12.2. The number of hydrogen-bond donors (Lipinski definition) is 1. The zero-order chi connectivity index (χ0) is 12.7. The minimum absolute atomic E-state index is 0.0642. The molecule has 2 unspecified atom stereocenters. The van der Waals surface area contributed by atoms with Gasteiger partial charge in [-0.3, -0.25) is 0 Å². The summed E-state index contributed by atoms with van der Waals surface area (Å²) in [4.78, 5) is 2.43. The molecule has 1 aromatic carbocycles. The molecule has 4 heteroatoms. The van der Waals surface area contributed by atoms with E-state index in [1.54, 1.807) is 0 Å². The maximum atomic E-state index is 5.93. The molecule has 2 fully saturated rings. The quantitative estimate of drug-likeness (QED) is 0.913. The number of hydrogen-bond acceptors (Lipinski definition) is 3. The van der Waals surface area contributed by atoms with Crippen molar-refractivity contribution in [2.75, 3.05) is 18.0 Å². The average Bonchev–Trinajstić information content (AvgIpc) is 2.67. The second kappa shape index (κ2) is 4.83. The van der Waals surface area contributed by atoms with Crippen molar-refractivity contribution in [3.63, 3.8) is 0 Å². The van der Waals surface area contributed by atoms with Crippen LogP contribution in [0, 0.1) is 0 Å². The van der Waals surface area contributed by atoms with Gasteiger partial charge in [0.05, 0.1) is 12.2 Å². The van der Waals surface area contributed by atoms with Crippen LogP contribution in [0.1, 0.15) is 31.4 Å². The van der Waals surface area contributed by atoms with E-state index < -0.39 is 0 Å². The maximum absolute atomic E-state index is 5.93. The number of morpholine rings is 1. The second-order valence-electron chi connectivity index (χ2n) is 5.36. The van der Waals surface area contributed by atoms with Crippen LogP contribution in [-0.4, -0.2) is 25.3 Å². The molecule has 0 saturated carbocycles. The average molecular weight is 311 g/mol. The van der Waals surface area contributed by atoms with Crippen molar-refractivity contribution >= 4 is 21.6 Å². The second-order valence-corrected chi connectivity index (χ2v) is 6.21. The highest BCUT2D eigenvalue weighted by atomic mass is 79.9. The van der Waals surface area contributed by atoms with Gasteiger partial charge < -0.3 is 15.4 Å². The first-order valence-electron chi connectivity index (χ1n) is 6.59. The number of nitrogens with two attached hydrogens (primary N) is 1. The van der Waals surface area contributed by atoms with Gasteiger partial charge in [0, 0.05) is 29.3 Å². The molecule has 0 radical (unpaired) electrons. The van der Waals surface area contributed by atoms with Gasteiger partial charge in [0.25, 0.3) is 0 Å². The summed E-state index contributed by atoms with van der Waals surface area (Å²) in [6.45, 7) is 4.04. The van der Waals surface area contributed by atoms with Gasteiger partial charge in [-0.15, -0.1) is 0 Å². The molecular weight excluding hydrogens is 292 g/mol. The fourth-order valence-corrected chi connectivity index (χ4v) is 3.64. The lowest BCUT2D eigenvalue weighted by Gasteiger charge is -2.34.